The van der Waals surface area contributed by atoms with Gasteiger partial charge >= 0.3 is 0 Å². The van der Waals surface area contributed by atoms with Crippen LogP contribution >= 0.6 is 23.1 Å². The van der Waals surface area contributed by atoms with Crippen molar-refractivity contribution in [3.8, 4) is 11.1 Å². The number of aromatic nitrogens is 2. The van der Waals surface area contributed by atoms with E-state index in [1.807, 2.05) is 75.4 Å². The van der Waals surface area contributed by atoms with E-state index in [-0.39, 0.29) is 17.2 Å². The number of carbonyl (C=O) groups excluding carboxylic acids is 1. The molecule has 5 nitrogen and oxygen atoms in total. The summed E-state index contributed by atoms with van der Waals surface area (Å²) < 4.78 is 1.65. The predicted molar refractivity (Wildman–Crippen MR) is 130 cm³/mol. The summed E-state index contributed by atoms with van der Waals surface area (Å²) in [7, 11) is 0. The second kappa shape index (κ2) is 9.08. The fourth-order valence-corrected chi connectivity index (χ4v) is 5.41. The average Bonchev–Trinajstić information content (AvgIpc) is 3.07. The van der Waals surface area contributed by atoms with Crippen LogP contribution in [0.15, 0.2) is 64.5 Å². The van der Waals surface area contributed by atoms with Crippen molar-refractivity contribution in [3.63, 3.8) is 0 Å². The predicted octanol–water partition coefficient (Wildman–Crippen LogP) is 5.49. The number of thioether (sulfide) groups is 1. The minimum atomic E-state index is -0.135. The van der Waals surface area contributed by atoms with E-state index in [0.29, 0.717) is 17.1 Å². The molecule has 2 heterocycles. The smallest absolute Gasteiger partial charge is 0.263 e. The summed E-state index contributed by atoms with van der Waals surface area (Å²) in [6.07, 6.45) is 0. The number of nitrogens with one attached hydrogen (secondary N) is 1. The van der Waals surface area contributed by atoms with Crippen LogP contribution in [-0.2, 0) is 11.3 Å². The summed E-state index contributed by atoms with van der Waals surface area (Å²) >= 11 is 2.82. The second-order valence-electron chi connectivity index (χ2n) is 7.16. The topological polar surface area (TPSA) is 64.0 Å². The van der Waals surface area contributed by atoms with Crippen LogP contribution in [0.4, 0.5) is 5.69 Å². The lowest BCUT2D eigenvalue weighted by Crippen LogP contribution is -2.23. The molecule has 4 rings (SSSR count). The number of carbonyl (C=O) groups is 1. The van der Waals surface area contributed by atoms with E-state index in [4.69, 9.17) is 4.98 Å². The minimum Gasteiger partial charge on any atom is -0.325 e. The van der Waals surface area contributed by atoms with Gasteiger partial charge in [-0.1, -0.05) is 60.3 Å². The van der Waals surface area contributed by atoms with Gasteiger partial charge in [0.1, 0.15) is 4.83 Å². The first kappa shape index (κ1) is 21.3. The van der Waals surface area contributed by atoms with Gasteiger partial charge in [0.25, 0.3) is 5.56 Å². The number of benzene rings is 2. The van der Waals surface area contributed by atoms with Gasteiger partial charge in [-0.2, -0.15) is 0 Å². The van der Waals surface area contributed by atoms with Crippen LogP contribution in [0.5, 0.6) is 0 Å². The molecule has 0 aliphatic rings. The van der Waals surface area contributed by atoms with Gasteiger partial charge in [0, 0.05) is 22.7 Å². The Morgan fingerprint density at radius 2 is 1.81 bits per heavy atom. The molecule has 4 aromatic rings. The molecule has 2 aromatic carbocycles. The molecule has 0 unspecified atom stereocenters. The molecule has 0 radical (unpaired) electrons. The summed E-state index contributed by atoms with van der Waals surface area (Å²) in [4.78, 5) is 32.2. The van der Waals surface area contributed by atoms with Crippen LogP contribution in [0, 0.1) is 13.8 Å². The summed E-state index contributed by atoms with van der Waals surface area (Å²) in [6.45, 7) is 6.39. The lowest BCUT2D eigenvalue weighted by molar-refractivity contribution is -0.113. The highest BCUT2D eigenvalue weighted by atomic mass is 32.2. The van der Waals surface area contributed by atoms with E-state index in [1.165, 1.54) is 23.1 Å². The zero-order chi connectivity index (χ0) is 22.0. The Morgan fingerprint density at radius 3 is 2.55 bits per heavy atom. The van der Waals surface area contributed by atoms with Gasteiger partial charge in [-0.25, -0.2) is 4.98 Å². The molecule has 2 aromatic heterocycles. The maximum absolute atomic E-state index is 13.0. The molecule has 0 spiro atoms. The Bertz CT molecular complexity index is 1310. The highest BCUT2D eigenvalue weighted by Crippen LogP contribution is 2.30. The first-order valence-electron chi connectivity index (χ1n) is 10.1. The van der Waals surface area contributed by atoms with Gasteiger partial charge in [-0.15, -0.1) is 11.3 Å². The molecule has 0 aliphatic carbocycles. The maximum atomic E-state index is 13.0. The number of thiophene rings is 1. The fourth-order valence-electron chi connectivity index (χ4n) is 3.48. The molecule has 0 fully saturated rings. The normalized spacial score (nSPS) is 11.1. The lowest BCUT2D eigenvalue weighted by atomic mass is 10.0. The fraction of sp³-hybridized carbons (Fsp3) is 0.208. The van der Waals surface area contributed by atoms with Gasteiger partial charge in [0.2, 0.25) is 5.91 Å². The Labute approximate surface area is 189 Å². The number of hydrogen-bond acceptors (Lipinski definition) is 5. The third-order valence-electron chi connectivity index (χ3n) is 5.19. The Morgan fingerprint density at radius 1 is 1.10 bits per heavy atom. The number of hydrogen-bond donors (Lipinski definition) is 1. The second-order valence-corrected chi connectivity index (χ2v) is 9.30. The van der Waals surface area contributed by atoms with E-state index in [0.717, 1.165) is 32.1 Å². The maximum Gasteiger partial charge on any atom is 0.263 e. The van der Waals surface area contributed by atoms with E-state index < -0.39 is 0 Å². The highest BCUT2D eigenvalue weighted by Gasteiger charge is 2.17. The van der Waals surface area contributed by atoms with Crippen molar-refractivity contribution >= 4 is 44.9 Å². The van der Waals surface area contributed by atoms with Gasteiger partial charge in [0.05, 0.1) is 11.1 Å². The standard InChI is InChI=1S/C24H23N3O2S2/c1-4-27-23(29)21-15(2)16(3)31-22(21)26-24(27)30-14-20(28)25-19-13-9-8-12-18(19)17-10-6-5-7-11-17/h5-13H,4,14H2,1-3H3,(H,25,28). The quantitative estimate of drug-likeness (QED) is 0.312. The highest BCUT2D eigenvalue weighted by molar-refractivity contribution is 7.99. The molecule has 7 heteroatoms. The van der Waals surface area contributed by atoms with Crippen molar-refractivity contribution in [2.75, 3.05) is 11.1 Å². The van der Waals surface area contributed by atoms with Crippen molar-refractivity contribution in [1.82, 2.24) is 9.55 Å². The zero-order valence-electron chi connectivity index (χ0n) is 17.6. The lowest BCUT2D eigenvalue weighted by Gasteiger charge is -2.12. The van der Waals surface area contributed by atoms with Gasteiger partial charge in [-0.05, 0) is 38.0 Å². The van der Waals surface area contributed by atoms with Crippen LogP contribution in [0.2, 0.25) is 0 Å². The molecule has 0 bridgehead atoms. The Hall–Kier alpha value is -2.90. The van der Waals surface area contributed by atoms with Crippen molar-refractivity contribution in [3.05, 3.63) is 75.4 Å². The monoisotopic (exact) mass is 449 g/mol. The molecule has 1 amide bonds. The molecule has 1 N–H and O–H groups in total. The Kier molecular flexibility index (Phi) is 6.25. The van der Waals surface area contributed by atoms with Crippen LogP contribution in [-0.4, -0.2) is 21.2 Å². The van der Waals surface area contributed by atoms with Gasteiger partial charge in [-0.3, -0.25) is 14.2 Å². The summed E-state index contributed by atoms with van der Waals surface area (Å²) in [6, 6.07) is 17.7. The van der Waals surface area contributed by atoms with Gasteiger partial charge in [0.15, 0.2) is 5.16 Å². The summed E-state index contributed by atoms with van der Waals surface area (Å²) in [5.41, 5.74) is 3.73. The molecule has 158 valence electrons. The number of rotatable bonds is 6. The van der Waals surface area contributed by atoms with Crippen LogP contribution in [0.25, 0.3) is 21.3 Å². The minimum absolute atomic E-state index is 0.0355. The summed E-state index contributed by atoms with van der Waals surface area (Å²) in [5, 5.41) is 4.28. The van der Waals surface area contributed by atoms with Crippen LogP contribution in [0.1, 0.15) is 17.4 Å². The molecular weight excluding hydrogens is 426 g/mol. The third kappa shape index (κ3) is 4.29. The first-order chi connectivity index (χ1) is 15.0. The van der Waals surface area contributed by atoms with E-state index in [2.05, 4.69) is 5.32 Å². The number of nitrogens with zero attached hydrogens (tertiary/aromatic N) is 2. The number of anilines is 1. The number of amides is 1. The molecule has 0 aliphatic heterocycles. The largest absolute Gasteiger partial charge is 0.325 e. The van der Waals surface area contributed by atoms with Crippen molar-refractivity contribution < 1.29 is 4.79 Å². The van der Waals surface area contributed by atoms with Crippen LogP contribution in [0.3, 0.4) is 0 Å². The van der Waals surface area contributed by atoms with E-state index in [1.54, 1.807) is 4.57 Å². The van der Waals surface area contributed by atoms with Crippen molar-refractivity contribution in [1.29, 1.82) is 0 Å². The number of para-hydroxylation sites is 1. The number of fused-ring (bicyclic) bond motifs is 1. The SMILES string of the molecule is CCn1c(SCC(=O)Nc2ccccc2-c2ccccc2)nc2sc(C)c(C)c2c1=O. The van der Waals surface area contributed by atoms with Crippen molar-refractivity contribution in [2.24, 2.45) is 0 Å². The molecule has 31 heavy (non-hydrogen) atoms. The summed E-state index contributed by atoms with van der Waals surface area (Å²) in [5.74, 6) is 0.0358. The molecule has 0 saturated carbocycles. The van der Waals surface area contributed by atoms with Crippen LogP contribution < -0.4 is 10.9 Å². The third-order valence-corrected chi connectivity index (χ3v) is 7.27. The van der Waals surface area contributed by atoms with Gasteiger partial charge < -0.3 is 5.32 Å². The molecular formula is C24H23N3O2S2. The van der Waals surface area contributed by atoms with E-state index >= 15 is 0 Å². The average molecular weight is 450 g/mol. The molecule has 0 saturated heterocycles. The van der Waals surface area contributed by atoms with E-state index in [9.17, 15) is 9.59 Å². The Balaban J connectivity index is 1.55. The number of aryl methyl sites for hydroxylation is 2. The first-order valence-corrected chi connectivity index (χ1v) is 11.9. The molecule has 0 atom stereocenters. The zero-order valence-corrected chi connectivity index (χ0v) is 19.3. The van der Waals surface area contributed by atoms with Crippen molar-refractivity contribution in [2.45, 2.75) is 32.5 Å².